The van der Waals surface area contributed by atoms with E-state index in [2.05, 4.69) is 38.8 Å². The Hall–Kier alpha value is -3.56. The van der Waals surface area contributed by atoms with Crippen LogP contribution in [0.2, 0.25) is 0 Å². The summed E-state index contributed by atoms with van der Waals surface area (Å²) < 4.78 is 4.66. The second-order valence-electron chi connectivity index (χ2n) is 11.8. The van der Waals surface area contributed by atoms with E-state index in [1.54, 1.807) is 27.6 Å². The number of aliphatic hydroxyl groups excluding tert-OH is 1. The van der Waals surface area contributed by atoms with Crippen LogP contribution in [-0.2, 0) is 19.1 Å². The van der Waals surface area contributed by atoms with Crippen molar-refractivity contribution in [2.75, 3.05) is 42.6 Å². The number of anilines is 2. The highest BCUT2D eigenvalue weighted by atomic mass is 32.2. The summed E-state index contributed by atoms with van der Waals surface area (Å²) in [5.41, 5.74) is 2.49. The van der Waals surface area contributed by atoms with Gasteiger partial charge in [0, 0.05) is 36.3 Å². The van der Waals surface area contributed by atoms with Crippen LogP contribution in [0.15, 0.2) is 79.9 Å². The highest BCUT2D eigenvalue weighted by Crippen LogP contribution is 2.69. The van der Waals surface area contributed by atoms with Crippen LogP contribution in [0.3, 0.4) is 0 Å². The normalized spacial score (nSPS) is 27.5. The standard InChI is InChI=1S/C35H43N3O5S/c1-6-19-37(26-17-15-25(16-18-26)36(8-3)9-4)33(41)31-35-23(5)21-28(44-35)29(34(42)43-20-7-2)30(35)32(40)38(31)27(22-39)24-13-11-10-12-14-24/h6-7,10-18,23,27-31,39H,1-2,8-9,19-22H2,3-5H3/t23?,27-,28-,29+,30+,31?,35?/m1/s1. The quantitative estimate of drug-likeness (QED) is 0.254. The van der Waals surface area contributed by atoms with Gasteiger partial charge in [0.15, 0.2) is 0 Å². The Bertz CT molecular complexity index is 1380. The summed E-state index contributed by atoms with van der Waals surface area (Å²) in [5.74, 6) is -2.42. The number of benzene rings is 2. The number of aliphatic hydroxyl groups is 1. The smallest absolute Gasteiger partial charge is 0.311 e. The average molecular weight is 618 g/mol. The maximum absolute atomic E-state index is 15.0. The van der Waals surface area contributed by atoms with Crippen molar-refractivity contribution in [1.29, 1.82) is 0 Å². The molecule has 3 unspecified atom stereocenters. The van der Waals surface area contributed by atoms with Gasteiger partial charge in [-0.3, -0.25) is 14.4 Å². The van der Waals surface area contributed by atoms with E-state index >= 15 is 4.79 Å². The molecule has 3 saturated heterocycles. The molecule has 2 amide bonds. The van der Waals surface area contributed by atoms with Crippen LogP contribution in [0.4, 0.5) is 11.4 Å². The number of ether oxygens (including phenoxy) is 1. The summed E-state index contributed by atoms with van der Waals surface area (Å²) in [5, 5.41) is 10.6. The molecule has 2 aromatic carbocycles. The fraction of sp³-hybridized carbons (Fsp3) is 0.457. The van der Waals surface area contributed by atoms with Gasteiger partial charge in [-0.25, -0.2) is 0 Å². The molecule has 9 heteroatoms. The van der Waals surface area contributed by atoms with Crippen LogP contribution < -0.4 is 9.80 Å². The molecule has 0 saturated carbocycles. The number of likely N-dealkylation sites (tertiary alicyclic amines) is 1. The number of thioether (sulfide) groups is 1. The lowest BCUT2D eigenvalue weighted by atomic mass is 9.66. The van der Waals surface area contributed by atoms with Gasteiger partial charge in [-0.05, 0) is 56.0 Å². The number of nitrogens with zero attached hydrogens (tertiary/aromatic N) is 3. The van der Waals surface area contributed by atoms with Gasteiger partial charge >= 0.3 is 5.97 Å². The van der Waals surface area contributed by atoms with Gasteiger partial charge in [-0.15, -0.1) is 18.3 Å². The summed E-state index contributed by atoms with van der Waals surface area (Å²) in [4.78, 5) is 48.7. The Kier molecular flexibility index (Phi) is 9.56. The fourth-order valence-corrected chi connectivity index (χ4v) is 10.0. The van der Waals surface area contributed by atoms with Gasteiger partial charge in [0.05, 0.1) is 29.2 Å². The van der Waals surface area contributed by atoms with Crippen LogP contribution in [0.1, 0.15) is 38.8 Å². The molecule has 3 aliphatic heterocycles. The molecule has 1 spiro atoms. The van der Waals surface area contributed by atoms with Crippen LogP contribution in [0.25, 0.3) is 0 Å². The molecular formula is C35H43N3O5S. The van der Waals surface area contributed by atoms with Gasteiger partial charge < -0.3 is 24.5 Å². The van der Waals surface area contributed by atoms with E-state index in [1.807, 2.05) is 54.6 Å². The number of esters is 1. The number of amides is 2. The molecule has 0 aromatic heterocycles. The van der Waals surface area contributed by atoms with E-state index in [9.17, 15) is 14.7 Å². The number of hydrogen-bond donors (Lipinski definition) is 1. The molecular weight excluding hydrogens is 574 g/mol. The molecule has 2 bridgehead atoms. The monoisotopic (exact) mass is 617 g/mol. The Morgan fingerprint density at radius 3 is 2.34 bits per heavy atom. The zero-order valence-corrected chi connectivity index (χ0v) is 26.6. The number of fused-ring (bicyclic) bond motifs is 1. The van der Waals surface area contributed by atoms with E-state index in [0.29, 0.717) is 12.1 Å². The summed E-state index contributed by atoms with van der Waals surface area (Å²) in [6.07, 6.45) is 3.89. The van der Waals surface area contributed by atoms with Crippen LogP contribution >= 0.6 is 11.8 Å². The molecule has 3 aliphatic rings. The predicted octanol–water partition coefficient (Wildman–Crippen LogP) is 4.85. The zero-order valence-electron chi connectivity index (χ0n) is 25.8. The number of carbonyl (C=O) groups is 3. The van der Waals surface area contributed by atoms with Crippen LogP contribution in [0, 0.1) is 17.8 Å². The number of rotatable bonds is 13. The van der Waals surface area contributed by atoms with Crippen molar-refractivity contribution in [3.05, 3.63) is 85.5 Å². The summed E-state index contributed by atoms with van der Waals surface area (Å²) >= 11 is 1.59. The van der Waals surface area contributed by atoms with Crippen molar-refractivity contribution in [2.45, 2.75) is 49.3 Å². The third kappa shape index (κ3) is 5.13. The fourth-order valence-electron chi connectivity index (χ4n) is 7.64. The number of hydrogen-bond acceptors (Lipinski definition) is 7. The van der Waals surface area contributed by atoms with Gasteiger partial charge in [-0.1, -0.05) is 56.0 Å². The first-order chi connectivity index (χ1) is 21.3. The van der Waals surface area contributed by atoms with Crippen molar-refractivity contribution >= 4 is 40.9 Å². The molecule has 2 aromatic rings. The highest BCUT2D eigenvalue weighted by Gasteiger charge is 2.77. The molecule has 3 heterocycles. The first-order valence-corrected chi connectivity index (χ1v) is 16.4. The minimum absolute atomic E-state index is 0.0282. The predicted molar refractivity (Wildman–Crippen MR) is 175 cm³/mol. The largest absolute Gasteiger partial charge is 0.461 e. The van der Waals surface area contributed by atoms with E-state index in [4.69, 9.17) is 4.74 Å². The van der Waals surface area contributed by atoms with Gasteiger partial charge in [0.2, 0.25) is 5.91 Å². The minimum atomic E-state index is -0.915. The van der Waals surface area contributed by atoms with Crippen molar-refractivity contribution in [3.8, 4) is 0 Å². The number of carbonyl (C=O) groups excluding carboxylic acids is 3. The molecule has 0 aliphatic carbocycles. The van der Waals surface area contributed by atoms with Crippen LogP contribution in [-0.4, -0.2) is 76.7 Å². The topological polar surface area (TPSA) is 90.4 Å². The third-order valence-corrected chi connectivity index (χ3v) is 11.7. The van der Waals surface area contributed by atoms with Crippen molar-refractivity contribution in [3.63, 3.8) is 0 Å². The summed E-state index contributed by atoms with van der Waals surface area (Å²) in [7, 11) is 0. The van der Waals surface area contributed by atoms with E-state index in [1.165, 1.54) is 6.08 Å². The first kappa shape index (κ1) is 31.9. The van der Waals surface area contributed by atoms with Gasteiger partial charge in [-0.2, -0.15) is 0 Å². The van der Waals surface area contributed by atoms with E-state index in [-0.39, 0.29) is 42.7 Å². The third-order valence-electron chi connectivity index (χ3n) is 9.59. The van der Waals surface area contributed by atoms with Gasteiger partial charge in [0.25, 0.3) is 5.91 Å². The van der Waals surface area contributed by atoms with E-state index in [0.717, 1.165) is 24.3 Å². The lowest BCUT2D eigenvalue weighted by molar-refractivity contribution is -0.154. The van der Waals surface area contributed by atoms with Gasteiger partial charge in [0.1, 0.15) is 12.6 Å². The molecule has 8 nitrogen and oxygen atoms in total. The Balaban J connectivity index is 1.63. The van der Waals surface area contributed by atoms with Crippen LogP contribution in [0.5, 0.6) is 0 Å². The van der Waals surface area contributed by atoms with Crippen molar-refractivity contribution < 1.29 is 24.2 Å². The summed E-state index contributed by atoms with van der Waals surface area (Å²) in [6.45, 7) is 15.5. The molecule has 3 fully saturated rings. The molecule has 1 N–H and O–H groups in total. The minimum Gasteiger partial charge on any atom is -0.461 e. The molecule has 0 radical (unpaired) electrons. The lowest BCUT2D eigenvalue weighted by Gasteiger charge is -2.42. The molecule has 5 rings (SSSR count). The second kappa shape index (κ2) is 13.2. The average Bonchev–Trinajstić information content (AvgIpc) is 3.64. The molecule has 44 heavy (non-hydrogen) atoms. The van der Waals surface area contributed by atoms with Crippen molar-refractivity contribution in [2.24, 2.45) is 17.8 Å². The molecule has 7 atom stereocenters. The summed E-state index contributed by atoms with van der Waals surface area (Å²) in [6, 6.07) is 15.5. The maximum atomic E-state index is 15.0. The lowest BCUT2D eigenvalue weighted by Crippen LogP contribution is -2.58. The second-order valence-corrected chi connectivity index (χ2v) is 13.3. The first-order valence-electron chi connectivity index (χ1n) is 15.5. The zero-order chi connectivity index (χ0) is 31.6. The highest BCUT2D eigenvalue weighted by molar-refractivity contribution is 8.02. The SMILES string of the molecule is C=CCOC(=O)[C@@H]1[C@H]2C(=O)N([C@H](CO)c3ccccc3)C(C(=O)N(CC=C)c3ccc(N(CC)CC)cc3)C23S[C@@H]1CC3C. The van der Waals surface area contributed by atoms with Crippen molar-refractivity contribution in [1.82, 2.24) is 4.90 Å². The van der Waals surface area contributed by atoms with E-state index < -0.39 is 34.6 Å². The Morgan fingerprint density at radius 1 is 1.09 bits per heavy atom. The Morgan fingerprint density at radius 2 is 1.75 bits per heavy atom. The molecule has 234 valence electrons. The Labute approximate surface area is 264 Å². The maximum Gasteiger partial charge on any atom is 0.311 e.